The van der Waals surface area contributed by atoms with Crippen molar-refractivity contribution in [3.8, 4) is 0 Å². The molecule has 0 aliphatic rings. The van der Waals surface area contributed by atoms with E-state index >= 15 is 0 Å². The number of benzene rings is 1. The molecule has 10 heteroatoms. The third kappa shape index (κ3) is 4.41. The normalized spacial score (nSPS) is 10.4. The summed E-state index contributed by atoms with van der Waals surface area (Å²) >= 11 is 3.09. The SMILES string of the molecule is CCOC(=O)c1ccc(NC(=O)Cn2nc([N+](=O)[O-])c(Br)c2C)cc1. The van der Waals surface area contributed by atoms with Gasteiger partial charge in [0.15, 0.2) is 0 Å². The highest BCUT2D eigenvalue weighted by molar-refractivity contribution is 9.10. The summed E-state index contributed by atoms with van der Waals surface area (Å²) in [5.74, 6) is -1.19. The summed E-state index contributed by atoms with van der Waals surface area (Å²) in [6.07, 6.45) is 0. The molecule has 1 N–H and O–H groups in total. The van der Waals surface area contributed by atoms with Gasteiger partial charge in [0.25, 0.3) is 0 Å². The van der Waals surface area contributed by atoms with E-state index in [1.165, 1.54) is 16.8 Å². The van der Waals surface area contributed by atoms with E-state index in [4.69, 9.17) is 4.74 Å². The van der Waals surface area contributed by atoms with E-state index < -0.39 is 16.8 Å². The van der Waals surface area contributed by atoms with Crippen molar-refractivity contribution < 1.29 is 19.2 Å². The number of carbonyl (C=O) groups excluding carboxylic acids is 2. The van der Waals surface area contributed by atoms with Gasteiger partial charge in [-0.25, -0.2) is 4.79 Å². The first-order valence-corrected chi connectivity index (χ1v) is 8.07. The maximum absolute atomic E-state index is 12.1. The summed E-state index contributed by atoms with van der Waals surface area (Å²) in [4.78, 5) is 33.9. The van der Waals surface area contributed by atoms with Gasteiger partial charge >= 0.3 is 11.8 Å². The molecule has 2 rings (SSSR count). The Balaban J connectivity index is 2.04. The van der Waals surface area contributed by atoms with Crippen molar-refractivity contribution in [2.75, 3.05) is 11.9 Å². The van der Waals surface area contributed by atoms with Crippen molar-refractivity contribution in [1.29, 1.82) is 0 Å². The third-order valence-corrected chi connectivity index (χ3v) is 4.19. The number of amides is 1. The molecular weight excluding hydrogens is 396 g/mol. The predicted octanol–water partition coefficient (Wildman–Crippen LogP) is 2.68. The van der Waals surface area contributed by atoms with Gasteiger partial charge in [0, 0.05) is 5.69 Å². The topological polar surface area (TPSA) is 116 Å². The largest absolute Gasteiger partial charge is 0.462 e. The number of hydrogen-bond acceptors (Lipinski definition) is 6. The quantitative estimate of drug-likeness (QED) is 0.444. The van der Waals surface area contributed by atoms with Crippen LogP contribution in [0.15, 0.2) is 28.7 Å². The molecule has 25 heavy (non-hydrogen) atoms. The highest BCUT2D eigenvalue weighted by atomic mass is 79.9. The van der Waals surface area contributed by atoms with Gasteiger partial charge in [0.2, 0.25) is 5.91 Å². The lowest BCUT2D eigenvalue weighted by Crippen LogP contribution is -2.20. The lowest BCUT2D eigenvalue weighted by atomic mass is 10.2. The summed E-state index contributed by atoms with van der Waals surface area (Å²) in [5, 5.41) is 17.3. The summed E-state index contributed by atoms with van der Waals surface area (Å²) < 4.78 is 6.36. The Labute approximate surface area is 151 Å². The molecule has 0 saturated heterocycles. The van der Waals surface area contributed by atoms with Gasteiger partial charge in [-0.1, -0.05) is 0 Å². The Morgan fingerprint density at radius 1 is 1.36 bits per heavy atom. The third-order valence-electron chi connectivity index (χ3n) is 3.26. The van der Waals surface area contributed by atoms with Gasteiger partial charge in [-0.2, -0.15) is 4.68 Å². The Hall–Kier alpha value is -2.75. The molecular formula is C15H15BrN4O5. The van der Waals surface area contributed by atoms with Crippen LogP contribution in [0.25, 0.3) is 0 Å². The maximum Gasteiger partial charge on any atom is 0.404 e. The molecule has 0 fully saturated rings. The number of nitrogens with one attached hydrogen (secondary N) is 1. The van der Waals surface area contributed by atoms with Gasteiger partial charge in [0.1, 0.15) is 11.0 Å². The number of aromatic nitrogens is 2. The standard InChI is InChI=1S/C15H15BrN4O5/c1-3-25-15(22)10-4-6-11(7-5-10)17-12(21)8-19-9(2)13(16)14(18-19)20(23)24/h4-7H,3,8H2,1-2H3,(H,17,21). The van der Waals surface area contributed by atoms with E-state index in [-0.39, 0.29) is 23.4 Å². The zero-order valence-corrected chi connectivity index (χ0v) is 15.1. The van der Waals surface area contributed by atoms with Crippen molar-refractivity contribution >= 4 is 39.3 Å². The van der Waals surface area contributed by atoms with Crippen molar-refractivity contribution in [1.82, 2.24) is 9.78 Å². The zero-order chi connectivity index (χ0) is 18.6. The summed E-state index contributed by atoms with van der Waals surface area (Å²) in [6, 6.07) is 6.21. The van der Waals surface area contributed by atoms with Crippen LogP contribution in [0.4, 0.5) is 11.5 Å². The van der Waals surface area contributed by atoms with Crippen molar-refractivity contribution in [3.05, 3.63) is 50.1 Å². The molecule has 1 aromatic heterocycles. The zero-order valence-electron chi connectivity index (χ0n) is 13.5. The molecule has 0 saturated carbocycles. The smallest absolute Gasteiger partial charge is 0.404 e. The minimum absolute atomic E-state index is 0.183. The molecule has 0 radical (unpaired) electrons. The second-order valence-corrected chi connectivity index (χ2v) is 5.78. The number of halogens is 1. The van der Waals surface area contributed by atoms with E-state index in [0.29, 0.717) is 16.9 Å². The van der Waals surface area contributed by atoms with Gasteiger partial charge in [-0.15, -0.1) is 0 Å². The van der Waals surface area contributed by atoms with Crippen LogP contribution in [0.1, 0.15) is 23.0 Å². The van der Waals surface area contributed by atoms with Gasteiger partial charge < -0.3 is 20.2 Å². The molecule has 0 spiro atoms. The molecule has 0 atom stereocenters. The van der Waals surface area contributed by atoms with Crippen molar-refractivity contribution in [2.45, 2.75) is 20.4 Å². The predicted molar refractivity (Wildman–Crippen MR) is 92.3 cm³/mol. The highest BCUT2D eigenvalue weighted by Gasteiger charge is 2.24. The number of ether oxygens (including phenoxy) is 1. The number of rotatable bonds is 6. The Bertz CT molecular complexity index is 816. The van der Waals surface area contributed by atoms with Crippen LogP contribution in [0.2, 0.25) is 0 Å². The molecule has 2 aromatic rings. The van der Waals surface area contributed by atoms with Crippen LogP contribution < -0.4 is 5.32 Å². The van der Waals surface area contributed by atoms with Gasteiger partial charge in [-0.3, -0.25) is 4.79 Å². The van der Waals surface area contributed by atoms with E-state index in [0.717, 1.165) is 0 Å². The first kappa shape index (κ1) is 18.6. The minimum atomic E-state index is -0.625. The number of nitrogens with zero attached hydrogens (tertiary/aromatic N) is 3. The van der Waals surface area contributed by atoms with Gasteiger partial charge in [0.05, 0.1) is 23.0 Å². The molecule has 1 aromatic carbocycles. The van der Waals surface area contributed by atoms with Crippen LogP contribution in [-0.2, 0) is 16.1 Å². The second kappa shape index (κ2) is 7.88. The van der Waals surface area contributed by atoms with Gasteiger partial charge in [-0.05, 0) is 59.0 Å². The lowest BCUT2D eigenvalue weighted by Gasteiger charge is -2.06. The average Bonchev–Trinajstić information content (AvgIpc) is 2.84. The molecule has 0 bridgehead atoms. The molecule has 132 valence electrons. The Morgan fingerprint density at radius 3 is 2.52 bits per heavy atom. The minimum Gasteiger partial charge on any atom is -0.462 e. The molecule has 0 aliphatic carbocycles. The maximum atomic E-state index is 12.1. The number of carbonyl (C=O) groups is 2. The van der Waals surface area contributed by atoms with Crippen LogP contribution in [0.3, 0.4) is 0 Å². The van der Waals surface area contributed by atoms with Crippen LogP contribution in [-0.4, -0.2) is 33.2 Å². The molecule has 1 heterocycles. The number of esters is 1. The first-order valence-electron chi connectivity index (χ1n) is 7.27. The first-order chi connectivity index (χ1) is 11.8. The second-order valence-electron chi connectivity index (χ2n) is 4.98. The Morgan fingerprint density at radius 2 is 2.00 bits per heavy atom. The number of hydrogen-bond donors (Lipinski definition) is 1. The van der Waals surface area contributed by atoms with Crippen LogP contribution >= 0.6 is 15.9 Å². The van der Waals surface area contributed by atoms with Crippen LogP contribution in [0, 0.1) is 17.0 Å². The summed E-state index contributed by atoms with van der Waals surface area (Å²) in [5.41, 5.74) is 1.33. The van der Waals surface area contributed by atoms with Crippen molar-refractivity contribution in [3.63, 3.8) is 0 Å². The summed E-state index contributed by atoms with van der Waals surface area (Å²) in [7, 11) is 0. The fourth-order valence-corrected chi connectivity index (χ4v) is 2.45. The van der Waals surface area contributed by atoms with E-state index in [2.05, 4.69) is 26.3 Å². The number of anilines is 1. The lowest BCUT2D eigenvalue weighted by molar-refractivity contribution is -0.390. The fourth-order valence-electron chi connectivity index (χ4n) is 2.02. The fraction of sp³-hybridized carbons (Fsp3) is 0.267. The molecule has 0 unspecified atom stereocenters. The highest BCUT2D eigenvalue weighted by Crippen LogP contribution is 2.26. The van der Waals surface area contributed by atoms with E-state index in [1.807, 2.05) is 0 Å². The molecule has 1 amide bonds. The monoisotopic (exact) mass is 410 g/mol. The van der Waals surface area contributed by atoms with Crippen LogP contribution in [0.5, 0.6) is 0 Å². The van der Waals surface area contributed by atoms with E-state index in [9.17, 15) is 19.7 Å². The number of nitro groups is 1. The van der Waals surface area contributed by atoms with Crippen molar-refractivity contribution in [2.24, 2.45) is 0 Å². The average molecular weight is 411 g/mol. The van der Waals surface area contributed by atoms with E-state index in [1.54, 1.807) is 26.0 Å². The molecule has 0 aliphatic heterocycles. The summed E-state index contributed by atoms with van der Waals surface area (Å²) in [6.45, 7) is 3.43. The Kier molecular flexibility index (Phi) is 5.86. The molecule has 9 nitrogen and oxygen atoms in total.